The van der Waals surface area contributed by atoms with Gasteiger partial charge in [-0.1, -0.05) is 38.5 Å². The number of rotatable bonds is 2. The molecule has 2 heterocycles. The van der Waals surface area contributed by atoms with Gasteiger partial charge < -0.3 is 4.74 Å². The Hall–Kier alpha value is -0.120. The number of hydrogen-bond donors (Lipinski definition) is 0. The predicted octanol–water partition coefficient (Wildman–Crippen LogP) is 3.61. The molecule has 0 aromatic carbocycles. The maximum atomic E-state index is 5.96. The first-order valence-electron chi connectivity index (χ1n) is 8.41. The summed E-state index contributed by atoms with van der Waals surface area (Å²) in [5.74, 6) is 1.35. The van der Waals surface area contributed by atoms with Gasteiger partial charge >= 0.3 is 0 Å². The topological polar surface area (TPSA) is 31.0 Å². The first-order chi connectivity index (χ1) is 9.43. The Morgan fingerprint density at radius 3 is 1.32 bits per heavy atom. The zero-order valence-electron chi connectivity index (χ0n) is 11.8. The summed E-state index contributed by atoms with van der Waals surface area (Å²) in [5, 5.41) is 0. The largest absolute Gasteiger partial charge is 0.364 e. The SMILES string of the molecule is C1CCC([C@H]2OO[C@@H](C3CCCCC3)[C@@H]3O[C@@H]32)CC1. The second kappa shape index (κ2) is 5.34. The highest BCUT2D eigenvalue weighted by Crippen LogP contribution is 2.46. The number of hydrogen-bond acceptors (Lipinski definition) is 3. The molecule has 108 valence electrons. The zero-order chi connectivity index (χ0) is 12.7. The van der Waals surface area contributed by atoms with E-state index in [1.165, 1.54) is 64.2 Å². The van der Waals surface area contributed by atoms with Crippen molar-refractivity contribution >= 4 is 0 Å². The van der Waals surface area contributed by atoms with Crippen LogP contribution in [0, 0.1) is 11.8 Å². The van der Waals surface area contributed by atoms with E-state index in [4.69, 9.17) is 14.5 Å². The molecular formula is C16H26O3. The van der Waals surface area contributed by atoms with Crippen molar-refractivity contribution in [3.05, 3.63) is 0 Å². The molecule has 0 amide bonds. The fraction of sp³-hybridized carbons (Fsp3) is 1.00. The molecule has 2 saturated carbocycles. The van der Waals surface area contributed by atoms with Crippen molar-refractivity contribution in [1.82, 2.24) is 0 Å². The van der Waals surface area contributed by atoms with Crippen molar-refractivity contribution in [3.63, 3.8) is 0 Å². The molecule has 4 aliphatic rings. The van der Waals surface area contributed by atoms with E-state index in [0.717, 1.165) is 0 Å². The predicted molar refractivity (Wildman–Crippen MR) is 71.6 cm³/mol. The van der Waals surface area contributed by atoms with Gasteiger partial charge in [-0.2, -0.15) is 0 Å². The van der Waals surface area contributed by atoms with Crippen LogP contribution in [0.1, 0.15) is 64.2 Å². The van der Waals surface area contributed by atoms with Crippen LogP contribution in [-0.2, 0) is 14.5 Å². The number of fused-ring (bicyclic) bond motifs is 1. The molecule has 19 heavy (non-hydrogen) atoms. The first-order valence-corrected chi connectivity index (χ1v) is 8.41. The van der Waals surface area contributed by atoms with Crippen molar-refractivity contribution in [2.24, 2.45) is 11.8 Å². The van der Waals surface area contributed by atoms with E-state index in [2.05, 4.69) is 0 Å². The standard InChI is InChI=1S/C16H26O3/c1-3-7-11(8-4-1)13-15-16(17-15)14(19-18-13)12-9-5-2-6-10-12/h11-16H,1-10H2/t13-,14+,15-,16+. The highest BCUT2D eigenvalue weighted by molar-refractivity contribution is 5.02. The van der Waals surface area contributed by atoms with Gasteiger partial charge in [-0.25, -0.2) is 9.78 Å². The molecule has 0 N–H and O–H groups in total. The van der Waals surface area contributed by atoms with Gasteiger partial charge in [0.05, 0.1) is 0 Å². The highest BCUT2D eigenvalue weighted by atomic mass is 17.2. The second-order valence-electron chi connectivity index (χ2n) is 6.98. The van der Waals surface area contributed by atoms with Crippen LogP contribution >= 0.6 is 0 Å². The fourth-order valence-corrected chi connectivity index (χ4v) is 4.52. The molecule has 4 rings (SSSR count). The third kappa shape index (κ3) is 2.45. The quantitative estimate of drug-likeness (QED) is 0.565. The summed E-state index contributed by atoms with van der Waals surface area (Å²) in [4.78, 5) is 11.6. The van der Waals surface area contributed by atoms with Crippen LogP contribution < -0.4 is 0 Å². The van der Waals surface area contributed by atoms with Gasteiger partial charge in [0.25, 0.3) is 0 Å². The lowest BCUT2D eigenvalue weighted by Crippen LogP contribution is -2.44. The minimum absolute atomic E-state index is 0.227. The normalized spacial score (nSPS) is 44.8. The summed E-state index contributed by atoms with van der Waals surface area (Å²) < 4.78 is 5.96. The Morgan fingerprint density at radius 2 is 0.895 bits per heavy atom. The Bertz CT molecular complexity index is 277. The lowest BCUT2D eigenvalue weighted by molar-refractivity contribution is -0.382. The van der Waals surface area contributed by atoms with E-state index in [9.17, 15) is 0 Å². The van der Waals surface area contributed by atoms with Gasteiger partial charge in [0.15, 0.2) is 0 Å². The molecule has 0 radical (unpaired) electrons. The molecule has 0 spiro atoms. The number of epoxide rings is 1. The monoisotopic (exact) mass is 266 g/mol. The fourth-order valence-electron chi connectivity index (χ4n) is 4.52. The van der Waals surface area contributed by atoms with E-state index in [-0.39, 0.29) is 12.2 Å². The molecule has 3 heteroatoms. The molecule has 0 aromatic rings. The van der Waals surface area contributed by atoms with Gasteiger partial charge in [0, 0.05) is 0 Å². The Labute approximate surface area is 115 Å². The molecule has 2 saturated heterocycles. The van der Waals surface area contributed by atoms with E-state index in [0.29, 0.717) is 24.0 Å². The van der Waals surface area contributed by atoms with E-state index >= 15 is 0 Å². The van der Waals surface area contributed by atoms with Crippen LogP contribution in [0.25, 0.3) is 0 Å². The van der Waals surface area contributed by atoms with Crippen molar-refractivity contribution < 1.29 is 14.5 Å². The molecule has 0 aromatic heterocycles. The van der Waals surface area contributed by atoms with Gasteiger partial charge in [0.2, 0.25) is 0 Å². The summed E-state index contributed by atoms with van der Waals surface area (Å²) in [6, 6.07) is 0. The van der Waals surface area contributed by atoms with Crippen molar-refractivity contribution in [1.29, 1.82) is 0 Å². The van der Waals surface area contributed by atoms with Crippen LogP contribution in [0.15, 0.2) is 0 Å². The number of ether oxygens (including phenoxy) is 1. The van der Waals surface area contributed by atoms with Gasteiger partial charge in [-0.3, -0.25) is 0 Å². The second-order valence-corrected chi connectivity index (χ2v) is 6.98. The summed E-state index contributed by atoms with van der Waals surface area (Å²) in [6.07, 6.45) is 14.6. The summed E-state index contributed by atoms with van der Waals surface area (Å²) in [6.45, 7) is 0. The summed E-state index contributed by atoms with van der Waals surface area (Å²) >= 11 is 0. The molecule has 4 fully saturated rings. The lowest BCUT2D eigenvalue weighted by Gasteiger charge is -2.35. The Morgan fingerprint density at radius 1 is 0.474 bits per heavy atom. The Balaban J connectivity index is 1.36. The maximum Gasteiger partial charge on any atom is 0.124 e. The first kappa shape index (κ1) is 12.6. The van der Waals surface area contributed by atoms with Crippen LogP contribution in [-0.4, -0.2) is 24.4 Å². The van der Waals surface area contributed by atoms with Gasteiger partial charge in [-0.05, 0) is 37.5 Å². The minimum Gasteiger partial charge on any atom is -0.364 e. The minimum atomic E-state index is 0.227. The average Bonchev–Trinajstić information content (AvgIpc) is 3.28. The smallest absolute Gasteiger partial charge is 0.124 e. The zero-order valence-corrected chi connectivity index (χ0v) is 11.8. The Kier molecular flexibility index (Phi) is 3.55. The summed E-state index contributed by atoms with van der Waals surface area (Å²) in [7, 11) is 0. The average molecular weight is 266 g/mol. The van der Waals surface area contributed by atoms with E-state index in [1.54, 1.807) is 0 Å². The van der Waals surface area contributed by atoms with E-state index in [1.807, 2.05) is 0 Å². The van der Waals surface area contributed by atoms with E-state index < -0.39 is 0 Å². The molecule has 0 unspecified atom stereocenters. The van der Waals surface area contributed by atoms with Crippen LogP contribution in [0.3, 0.4) is 0 Å². The maximum absolute atomic E-state index is 5.96. The molecule has 3 nitrogen and oxygen atoms in total. The molecule has 4 atom stereocenters. The van der Waals surface area contributed by atoms with Gasteiger partial charge in [0.1, 0.15) is 24.4 Å². The van der Waals surface area contributed by atoms with Crippen molar-refractivity contribution in [2.75, 3.05) is 0 Å². The van der Waals surface area contributed by atoms with Crippen LogP contribution in [0.2, 0.25) is 0 Å². The van der Waals surface area contributed by atoms with Gasteiger partial charge in [-0.15, -0.1) is 0 Å². The highest BCUT2D eigenvalue weighted by Gasteiger charge is 2.58. The molecule has 0 bridgehead atoms. The van der Waals surface area contributed by atoms with Crippen molar-refractivity contribution in [2.45, 2.75) is 88.6 Å². The third-order valence-corrected chi connectivity index (χ3v) is 5.72. The molecule has 2 aliphatic carbocycles. The van der Waals surface area contributed by atoms with Crippen molar-refractivity contribution in [3.8, 4) is 0 Å². The lowest BCUT2D eigenvalue weighted by atomic mass is 9.80. The van der Waals surface area contributed by atoms with Crippen LogP contribution in [0.4, 0.5) is 0 Å². The molecule has 2 aliphatic heterocycles. The third-order valence-electron chi connectivity index (χ3n) is 5.72. The van der Waals surface area contributed by atoms with Crippen LogP contribution in [0.5, 0.6) is 0 Å². The summed E-state index contributed by atoms with van der Waals surface area (Å²) in [5.41, 5.74) is 0. The molecular weight excluding hydrogens is 240 g/mol.